The molecule has 0 saturated carbocycles. The summed E-state index contributed by atoms with van der Waals surface area (Å²) in [6, 6.07) is 4.02. The van der Waals surface area contributed by atoms with Crippen molar-refractivity contribution in [3.05, 3.63) is 28.3 Å². The van der Waals surface area contributed by atoms with Crippen LogP contribution in [0.4, 0.5) is 0 Å². The van der Waals surface area contributed by atoms with E-state index in [9.17, 15) is 0 Å². The number of epoxide rings is 1. The molecule has 0 spiro atoms. The van der Waals surface area contributed by atoms with E-state index < -0.39 is 0 Å². The van der Waals surface area contributed by atoms with Crippen molar-refractivity contribution in [1.29, 1.82) is 0 Å². The highest BCUT2D eigenvalue weighted by Crippen LogP contribution is 2.32. The van der Waals surface area contributed by atoms with E-state index in [-0.39, 0.29) is 6.10 Å². The van der Waals surface area contributed by atoms with Gasteiger partial charge in [-0.3, -0.25) is 0 Å². The second-order valence-corrected chi connectivity index (χ2v) is 4.97. The van der Waals surface area contributed by atoms with E-state index in [1.165, 1.54) is 0 Å². The molecule has 88 valence electrons. The lowest BCUT2D eigenvalue weighted by Crippen LogP contribution is -2.06. The second-order valence-electron chi connectivity index (χ2n) is 4.56. The molecule has 1 aliphatic heterocycles. The van der Waals surface area contributed by atoms with Crippen LogP contribution in [0, 0.1) is 6.92 Å². The molecule has 1 heterocycles. The molecule has 1 aliphatic rings. The fourth-order valence-corrected chi connectivity index (χ4v) is 1.77. The molecule has 0 aliphatic carbocycles. The first-order valence-electron chi connectivity index (χ1n) is 5.62. The highest BCUT2D eigenvalue weighted by atomic mass is 35.5. The van der Waals surface area contributed by atoms with E-state index in [1.807, 2.05) is 19.1 Å². The van der Waals surface area contributed by atoms with E-state index in [1.54, 1.807) is 0 Å². The minimum absolute atomic E-state index is 0.288. The predicted molar refractivity (Wildman–Crippen MR) is 65.5 cm³/mol. The fourth-order valence-electron chi connectivity index (χ4n) is 1.59. The minimum Gasteiger partial charge on any atom is -0.490 e. The topological polar surface area (TPSA) is 21.8 Å². The van der Waals surface area contributed by atoms with Gasteiger partial charge in [-0.15, -0.1) is 0 Å². The third-order valence-electron chi connectivity index (χ3n) is 2.74. The summed E-state index contributed by atoms with van der Waals surface area (Å²) in [4.78, 5) is 0. The van der Waals surface area contributed by atoms with Crippen LogP contribution in [0.3, 0.4) is 0 Å². The smallest absolute Gasteiger partial charge is 0.123 e. The van der Waals surface area contributed by atoms with E-state index in [4.69, 9.17) is 21.1 Å². The first-order chi connectivity index (χ1) is 7.58. The summed E-state index contributed by atoms with van der Waals surface area (Å²) in [5.41, 5.74) is 2.22. The monoisotopic (exact) mass is 240 g/mol. The SMILES string of the molecule is Cc1cc(OC[C@@H]2CO2)c(C(C)C)cc1Cl. The maximum atomic E-state index is 6.12. The Hall–Kier alpha value is -0.730. The fraction of sp³-hybridized carbons (Fsp3) is 0.538. The summed E-state index contributed by atoms with van der Waals surface area (Å²) in [6.45, 7) is 7.74. The van der Waals surface area contributed by atoms with Gasteiger partial charge in [-0.1, -0.05) is 25.4 Å². The molecule has 1 aromatic rings. The van der Waals surface area contributed by atoms with Gasteiger partial charge in [0.25, 0.3) is 0 Å². The lowest BCUT2D eigenvalue weighted by molar-refractivity contribution is 0.260. The Bertz CT molecular complexity index is 384. The van der Waals surface area contributed by atoms with Gasteiger partial charge in [0.05, 0.1) is 6.61 Å². The molecule has 0 aromatic heterocycles. The van der Waals surface area contributed by atoms with Crippen molar-refractivity contribution in [3.63, 3.8) is 0 Å². The molecule has 0 N–H and O–H groups in total. The highest BCUT2D eigenvalue weighted by Gasteiger charge is 2.24. The van der Waals surface area contributed by atoms with Gasteiger partial charge in [-0.25, -0.2) is 0 Å². The summed E-state index contributed by atoms with van der Waals surface area (Å²) in [5.74, 6) is 1.35. The maximum absolute atomic E-state index is 6.12. The lowest BCUT2D eigenvalue weighted by Gasteiger charge is -2.15. The molecule has 1 fully saturated rings. The van der Waals surface area contributed by atoms with Crippen molar-refractivity contribution in [3.8, 4) is 5.75 Å². The third kappa shape index (κ3) is 2.69. The zero-order valence-electron chi connectivity index (χ0n) is 9.92. The number of benzene rings is 1. The summed E-state index contributed by atoms with van der Waals surface area (Å²) in [5, 5.41) is 0.804. The summed E-state index contributed by atoms with van der Waals surface area (Å²) in [6.07, 6.45) is 0.288. The Labute approximate surface area is 102 Å². The molecule has 2 rings (SSSR count). The van der Waals surface area contributed by atoms with E-state index >= 15 is 0 Å². The number of aryl methyl sites for hydroxylation is 1. The van der Waals surface area contributed by atoms with Crippen molar-refractivity contribution in [2.75, 3.05) is 13.2 Å². The van der Waals surface area contributed by atoms with Gasteiger partial charge in [0.1, 0.15) is 18.5 Å². The third-order valence-corrected chi connectivity index (χ3v) is 3.15. The molecule has 1 atom stereocenters. The summed E-state index contributed by atoms with van der Waals surface area (Å²) >= 11 is 6.12. The van der Waals surface area contributed by atoms with Crippen molar-refractivity contribution in [2.24, 2.45) is 0 Å². The van der Waals surface area contributed by atoms with Crippen LogP contribution in [0.2, 0.25) is 5.02 Å². The normalized spacial score (nSPS) is 18.9. The molecule has 0 unspecified atom stereocenters. The van der Waals surface area contributed by atoms with Crippen LogP contribution in [0.15, 0.2) is 12.1 Å². The molecule has 0 radical (unpaired) electrons. The lowest BCUT2D eigenvalue weighted by atomic mass is 10.0. The second kappa shape index (κ2) is 4.64. The average Bonchev–Trinajstić information content (AvgIpc) is 3.02. The Kier molecular flexibility index (Phi) is 3.41. The number of halogens is 1. The molecule has 3 heteroatoms. The van der Waals surface area contributed by atoms with Crippen LogP contribution in [0.25, 0.3) is 0 Å². The van der Waals surface area contributed by atoms with Crippen LogP contribution < -0.4 is 4.74 Å². The van der Waals surface area contributed by atoms with Crippen molar-refractivity contribution in [2.45, 2.75) is 32.8 Å². The number of rotatable bonds is 4. The zero-order chi connectivity index (χ0) is 11.7. The van der Waals surface area contributed by atoms with Crippen LogP contribution in [0.5, 0.6) is 5.75 Å². The summed E-state index contributed by atoms with van der Waals surface area (Å²) in [7, 11) is 0. The molecular formula is C13H17ClO2. The van der Waals surface area contributed by atoms with Crippen molar-refractivity contribution < 1.29 is 9.47 Å². The van der Waals surface area contributed by atoms with Gasteiger partial charge in [0, 0.05) is 5.02 Å². The van der Waals surface area contributed by atoms with E-state index in [2.05, 4.69) is 13.8 Å². The Balaban J connectivity index is 2.21. The van der Waals surface area contributed by atoms with Gasteiger partial charge in [-0.05, 0) is 36.1 Å². The van der Waals surface area contributed by atoms with Crippen LogP contribution in [0.1, 0.15) is 30.9 Å². The Morgan fingerprint density at radius 1 is 1.50 bits per heavy atom. The Morgan fingerprint density at radius 3 is 2.75 bits per heavy atom. The van der Waals surface area contributed by atoms with Gasteiger partial charge >= 0.3 is 0 Å². The van der Waals surface area contributed by atoms with Gasteiger partial charge in [0.2, 0.25) is 0 Å². The van der Waals surface area contributed by atoms with Crippen molar-refractivity contribution in [1.82, 2.24) is 0 Å². The van der Waals surface area contributed by atoms with Crippen LogP contribution in [-0.2, 0) is 4.74 Å². The molecule has 0 bridgehead atoms. The maximum Gasteiger partial charge on any atom is 0.123 e. The van der Waals surface area contributed by atoms with E-state index in [0.29, 0.717) is 12.5 Å². The molecular weight excluding hydrogens is 224 g/mol. The van der Waals surface area contributed by atoms with E-state index in [0.717, 1.165) is 28.5 Å². The highest BCUT2D eigenvalue weighted by molar-refractivity contribution is 6.31. The minimum atomic E-state index is 0.288. The van der Waals surface area contributed by atoms with Gasteiger partial charge in [-0.2, -0.15) is 0 Å². The first kappa shape index (κ1) is 11.7. The molecule has 1 saturated heterocycles. The number of hydrogen-bond donors (Lipinski definition) is 0. The van der Waals surface area contributed by atoms with Crippen molar-refractivity contribution >= 4 is 11.6 Å². The van der Waals surface area contributed by atoms with Crippen LogP contribution >= 0.6 is 11.6 Å². The number of hydrogen-bond acceptors (Lipinski definition) is 2. The average molecular weight is 241 g/mol. The molecule has 16 heavy (non-hydrogen) atoms. The zero-order valence-corrected chi connectivity index (χ0v) is 10.7. The largest absolute Gasteiger partial charge is 0.490 e. The predicted octanol–water partition coefficient (Wildman–Crippen LogP) is 3.55. The molecule has 2 nitrogen and oxygen atoms in total. The quantitative estimate of drug-likeness (QED) is 0.751. The Morgan fingerprint density at radius 2 is 2.19 bits per heavy atom. The standard InChI is InChI=1S/C13H17ClO2/c1-8(2)11-5-12(14)9(3)4-13(11)16-7-10-6-15-10/h4-5,8,10H,6-7H2,1-3H3/t10-/m0/s1. The van der Waals surface area contributed by atoms with Gasteiger partial charge in [0.15, 0.2) is 0 Å². The molecule has 0 amide bonds. The molecule has 1 aromatic carbocycles. The number of ether oxygens (including phenoxy) is 2. The van der Waals surface area contributed by atoms with Gasteiger partial charge < -0.3 is 9.47 Å². The summed E-state index contributed by atoms with van der Waals surface area (Å²) < 4.78 is 10.9. The first-order valence-corrected chi connectivity index (χ1v) is 6.00. The van der Waals surface area contributed by atoms with Crippen LogP contribution in [-0.4, -0.2) is 19.3 Å².